The normalized spacial score (nSPS) is 11.5. The number of benzene rings is 1. The van der Waals surface area contributed by atoms with Crippen LogP contribution in [0.15, 0.2) is 49.3 Å². The maximum Gasteiger partial charge on any atom is 0.311 e. The molecule has 0 bridgehead atoms. The number of unbranched alkanes of at least 4 members (excludes halogenated alkanes) is 3. The molecule has 0 fully saturated rings. The first kappa shape index (κ1) is 24.3. The van der Waals surface area contributed by atoms with Crippen molar-refractivity contribution in [2.75, 3.05) is 0 Å². The molecule has 0 spiro atoms. The zero-order valence-electron chi connectivity index (χ0n) is 18.5. The second-order valence-corrected chi connectivity index (χ2v) is 7.49. The minimum Gasteiger partial charge on any atom is -0.463 e. The van der Waals surface area contributed by atoms with Crippen LogP contribution in [-0.2, 0) is 20.7 Å². The van der Waals surface area contributed by atoms with Crippen LogP contribution in [0.3, 0.4) is 0 Å². The zero-order chi connectivity index (χ0) is 22.5. The van der Waals surface area contributed by atoms with Crippen LogP contribution in [0.25, 0.3) is 11.4 Å². The van der Waals surface area contributed by atoms with E-state index in [1.807, 2.05) is 37.3 Å². The smallest absolute Gasteiger partial charge is 0.311 e. The molecule has 31 heavy (non-hydrogen) atoms. The molecule has 166 valence electrons. The van der Waals surface area contributed by atoms with Gasteiger partial charge >= 0.3 is 11.9 Å². The summed E-state index contributed by atoms with van der Waals surface area (Å²) >= 11 is 0. The molecule has 0 aliphatic carbocycles. The average molecular weight is 425 g/mol. The number of carbonyl (C=O) groups is 2. The molecule has 2 aromatic rings. The first-order valence-corrected chi connectivity index (χ1v) is 10.9. The van der Waals surface area contributed by atoms with Crippen molar-refractivity contribution in [1.29, 1.82) is 0 Å². The summed E-state index contributed by atoms with van der Waals surface area (Å²) in [7, 11) is 0. The van der Waals surface area contributed by atoms with Crippen LogP contribution in [0, 0.1) is 0 Å². The maximum absolute atomic E-state index is 11.9. The van der Waals surface area contributed by atoms with E-state index in [0.29, 0.717) is 24.4 Å². The number of hydrogen-bond donors (Lipinski definition) is 0. The molecule has 1 aromatic heterocycles. The van der Waals surface area contributed by atoms with Gasteiger partial charge in [-0.1, -0.05) is 43.7 Å². The van der Waals surface area contributed by atoms with Gasteiger partial charge < -0.3 is 9.47 Å². The zero-order valence-corrected chi connectivity index (χ0v) is 18.5. The highest BCUT2D eigenvalue weighted by Crippen LogP contribution is 2.19. The molecule has 6 heteroatoms. The maximum atomic E-state index is 11.9. The second kappa shape index (κ2) is 13.3. The molecule has 1 atom stereocenters. The number of hydrogen-bond acceptors (Lipinski definition) is 6. The Labute approximate surface area is 184 Å². The van der Waals surface area contributed by atoms with Gasteiger partial charge in [-0.3, -0.25) is 9.59 Å². The molecule has 2 rings (SSSR count). The molecule has 1 heterocycles. The summed E-state index contributed by atoms with van der Waals surface area (Å²) in [5.41, 5.74) is 2.04. The van der Waals surface area contributed by atoms with Crippen LogP contribution in [0.1, 0.15) is 64.4 Å². The predicted octanol–water partition coefficient (Wildman–Crippen LogP) is 5.46. The molecule has 0 saturated carbocycles. The van der Waals surface area contributed by atoms with Gasteiger partial charge in [0.25, 0.3) is 0 Å². The molecular formula is C25H32N2O4. The molecule has 0 N–H and O–H groups in total. The Morgan fingerprint density at radius 2 is 1.77 bits per heavy atom. The van der Waals surface area contributed by atoms with Gasteiger partial charge in [-0.05, 0) is 44.6 Å². The Kier molecular flexibility index (Phi) is 10.4. The van der Waals surface area contributed by atoms with Crippen molar-refractivity contribution in [1.82, 2.24) is 9.97 Å². The van der Waals surface area contributed by atoms with E-state index in [-0.39, 0.29) is 18.0 Å². The molecule has 0 amide bonds. The lowest BCUT2D eigenvalue weighted by molar-refractivity contribution is -0.148. The highest BCUT2D eigenvalue weighted by Gasteiger charge is 2.09. The quantitative estimate of drug-likeness (QED) is 0.241. The van der Waals surface area contributed by atoms with Gasteiger partial charge in [-0.15, -0.1) is 6.58 Å². The lowest BCUT2D eigenvalue weighted by Crippen LogP contribution is -2.14. The van der Waals surface area contributed by atoms with Gasteiger partial charge in [0.1, 0.15) is 0 Å². The third-order valence-electron chi connectivity index (χ3n) is 4.82. The Hall–Kier alpha value is -3.02. The van der Waals surface area contributed by atoms with E-state index in [9.17, 15) is 9.59 Å². The Morgan fingerprint density at radius 1 is 1.06 bits per heavy atom. The highest BCUT2D eigenvalue weighted by molar-refractivity contribution is 5.72. The van der Waals surface area contributed by atoms with Crippen molar-refractivity contribution in [2.45, 2.75) is 71.3 Å². The van der Waals surface area contributed by atoms with Gasteiger partial charge in [0, 0.05) is 18.4 Å². The number of esters is 2. The average Bonchev–Trinajstić information content (AvgIpc) is 2.78. The van der Waals surface area contributed by atoms with E-state index in [0.717, 1.165) is 49.7 Å². The summed E-state index contributed by atoms with van der Waals surface area (Å²) < 4.78 is 10.6. The molecular weight excluding hydrogens is 392 g/mol. The topological polar surface area (TPSA) is 78.4 Å². The molecule has 1 aromatic carbocycles. The van der Waals surface area contributed by atoms with Crippen LogP contribution in [0.5, 0.6) is 5.75 Å². The number of aryl methyl sites for hydroxylation is 1. The number of allylic oxidation sites excluding steroid dienone is 1. The Balaban J connectivity index is 1.81. The minimum atomic E-state index is -0.266. The summed E-state index contributed by atoms with van der Waals surface area (Å²) in [5.74, 6) is 0.490. The van der Waals surface area contributed by atoms with E-state index in [1.165, 1.54) is 12.4 Å². The predicted molar refractivity (Wildman–Crippen MR) is 121 cm³/mol. The number of carbonyl (C=O) groups excluding carboxylic acids is 2. The van der Waals surface area contributed by atoms with Gasteiger partial charge in [0.05, 0.1) is 18.5 Å². The summed E-state index contributed by atoms with van der Waals surface area (Å²) in [6, 6.07) is 7.96. The third kappa shape index (κ3) is 9.11. The SMILES string of the molecule is C=CCCCCCC(=O)Oc1cnc(-c2ccc(CCC(C)OC(=O)CC)cc2)nc1. The van der Waals surface area contributed by atoms with Crippen LogP contribution in [0.4, 0.5) is 0 Å². The molecule has 1 unspecified atom stereocenters. The number of aromatic nitrogens is 2. The number of rotatable bonds is 13. The third-order valence-corrected chi connectivity index (χ3v) is 4.82. The molecule has 0 saturated heterocycles. The highest BCUT2D eigenvalue weighted by atomic mass is 16.5. The van der Waals surface area contributed by atoms with Crippen LogP contribution >= 0.6 is 0 Å². The van der Waals surface area contributed by atoms with E-state index < -0.39 is 0 Å². The van der Waals surface area contributed by atoms with Gasteiger partial charge in [-0.2, -0.15) is 0 Å². The monoisotopic (exact) mass is 424 g/mol. The van der Waals surface area contributed by atoms with Crippen molar-refractivity contribution < 1.29 is 19.1 Å². The summed E-state index contributed by atoms with van der Waals surface area (Å²) in [5, 5.41) is 0. The second-order valence-electron chi connectivity index (χ2n) is 7.49. The largest absolute Gasteiger partial charge is 0.463 e. The van der Waals surface area contributed by atoms with E-state index in [1.54, 1.807) is 6.92 Å². The lowest BCUT2D eigenvalue weighted by Gasteiger charge is -2.12. The van der Waals surface area contributed by atoms with Crippen LogP contribution in [-0.4, -0.2) is 28.0 Å². The molecule has 0 aliphatic rings. The van der Waals surface area contributed by atoms with Crippen LogP contribution in [0.2, 0.25) is 0 Å². The van der Waals surface area contributed by atoms with Crippen molar-refractivity contribution in [3.05, 3.63) is 54.9 Å². The van der Waals surface area contributed by atoms with E-state index >= 15 is 0 Å². The number of ether oxygens (including phenoxy) is 2. The first-order valence-electron chi connectivity index (χ1n) is 10.9. The first-order chi connectivity index (χ1) is 15.0. The fourth-order valence-corrected chi connectivity index (χ4v) is 2.99. The lowest BCUT2D eigenvalue weighted by atomic mass is 10.1. The summed E-state index contributed by atoms with van der Waals surface area (Å²) in [4.78, 5) is 31.9. The van der Waals surface area contributed by atoms with Gasteiger partial charge in [-0.25, -0.2) is 9.97 Å². The van der Waals surface area contributed by atoms with Crippen molar-refractivity contribution in [3.63, 3.8) is 0 Å². The standard InChI is InChI=1S/C25H32N2O4/c1-4-6-7-8-9-10-24(29)31-22-17-26-25(27-18-22)21-15-13-20(14-16-21)12-11-19(3)30-23(28)5-2/h4,13-19H,1,5-12H2,2-3H3. The number of nitrogens with zero attached hydrogens (tertiary/aromatic N) is 2. The van der Waals surface area contributed by atoms with E-state index in [2.05, 4.69) is 16.5 Å². The fraction of sp³-hybridized carbons (Fsp3) is 0.440. The molecule has 0 aliphatic heterocycles. The van der Waals surface area contributed by atoms with Gasteiger partial charge in [0.15, 0.2) is 11.6 Å². The van der Waals surface area contributed by atoms with Crippen molar-refractivity contribution in [2.24, 2.45) is 0 Å². The Morgan fingerprint density at radius 3 is 2.42 bits per heavy atom. The molecule has 6 nitrogen and oxygen atoms in total. The van der Waals surface area contributed by atoms with Crippen LogP contribution < -0.4 is 4.74 Å². The van der Waals surface area contributed by atoms with Crippen molar-refractivity contribution >= 4 is 11.9 Å². The molecule has 0 radical (unpaired) electrons. The van der Waals surface area contributed by atoms with Crippen molar-refractivity contribution in [3.8, 4) is 17.1 Å². The summed E-state index contributed by atoms with van der Waals surface area (Å²) in [6.07, 6.45) is 11.0. The van der Waals surface area contributed by atoms with E-state index in [4.69, 9.17) is 9.47 Å². The Bertz CT molecular complexity index is 832. The van der Waals surface area contributed by atoms with Gasteiger partial charge in [0.2, 0.25) is 0 Å². The summed E-state index contributed by atoms with van der Waals surface area (Å²) in [6.45, 7) is 7.39. The fourth-order valence-electron chi connectivity index (χ4n) is 2.99. The minimum absolute atomic E-state index is 0.0992.